The maximum absolute atomic E-state index is 6.37. The first-order valence-electron chi connectivity index (χ1n) is 6.78. The number of aryl methyl sites for hydroxylation is 2. The summed E-state index contributed by atoms with van der Waals surface area (Å²) < 4.78 is 8.37. The van der Waals surface area contributed by atoms with Gasteiger partial charge in [-0.2, -0.15) is 5.10 Å². The second-order valence-electron chi connectivity index (χ2n) is 4.86. The normalized spacial score (nSPS) is 12.5. The first kappa shape index (κ1) is 16.3. The zero-order valence-corrected chi connectivity index (χ0v) is 14.7. The fourth-order valence-electron chi connectivity index (χ4n) is 2.37. The Kier molecular flexibility index (Phi) is 5.30. The van der Waals surface area contributed by atoms with Crippen LogP contribution >= 0.6 is 27.5 Å². The molecule has 1 unspecified atom stereocenters. The lowest BCUT2D eigenvalue weighted by molar-refractivity contribution is 0.405. The standard InChI is InChI=1S/C15H19BrClN3O/c1-4-20-13(15(16)9(2)19-20)8-12(18)11-6-5-10(17)7-14(11)21-3/h5-7,12H,4,8,18H2,1-3H3. The summed E-state index contributed by atoms with van der Waals surface area (Å²) in [5.41, 5.74) is 9.38. The van der Waals surface area contributed by atoms with Crippen LogP contribution < -0.4 is 10.5 Å². The van der Waals surface area contributed by atoms with E-state index in [1.807, 2.05) is 23.7 Å². The van der Waals surface area contributed by atoms with Crippen molar-refractivity contribution < 1.29 is 4.74 Å². The van der Waals surface area contributed by atoms with E-state index in [2.05, 4.69) is 28.0 Å². The topological polar surface area (TPSA) is 53.1 Å². The number of hydrogen-bond donors (Lipinski definition) is 1. The highest BCUT2D eigenvalue weighted by Gasteiger charge is 2.19. The molecule has 1 aromatic carbocycles. The summed E-state index contributed by atoms with van der Waals surface area (Å²) in [5.74, 6) is 0.713. The summed E-state index contributed by atoms with van der Waals surface area (Å²) in [5, 5.41) is 5.13. The van der Waals surface area contributed by atoms with Gasteiger partial charge in [0, 0.05) is 29.6 Å². The number of ether oxygens (including phenoxy) is 1. The lowest BCUT2D eigenvalue weighted by atomic mass is 10.0. The molecular weight excluding hydrogens is 354 g/mol. The highest BCUT2D eigenvalue weighted by Crippen LogP contribution is 2.31. The minimum Gasteiger partial charge on any atom is -0.496 e. The third kappa shape index (κ3) is 3.42. The van der Waals surface area contributed by atoms with E-state index in [4.69, 9.17) is 22.1 Å². The summed E-state index contributed by atoms with van der Waals surface area (Å²) >= 11 is 9.59. The number of aromatic nitrogens is 2. The van der Waals surface area contributed by atoms with Crippen molar-refractivity contribution in [2.24, 2.45) is 5.73 Å². The predicted molar refractivity (Wildman–Crippen MR) is 89.0 cm³/mol. The quantitative estimate of drug-likeness (QED) is 0.866. The van der Waals surface area contributed by atoms with Crippen molar-refractivity contribution in [3.05, 3.63) is 44.6 Å². The molecule has 4 nitrogen and oxygen atoms in total. The second kappa shape index (κ2) is 6.81. The Morgan fingerprint density at radius 3 is 2.81 bits per heavy atom. The SMILES string of the molecule is CCn1nc(C)c(Br)c1CC(N)c1ccc(Cl)cc1OC. The highest BCUT2D eigenvalue weighted by atomic mass is 79.9. The molecule has 1 heterocycles. The van der Waals surface area contributed by atoms with E-state index in [1.165, 1.54) is 0 Å². The molecule has 2 N–H and O–H groups in total. The summed E-state index contributed by atoms with van der Waals surface area (Å²) in [6.45, 7) is 4.86. The van der Waals surface area contributed by atoms with Gasteiger partial charge in [0.15, 0.2) is 0 Å². The van der Waals surface area contributed by atoms with E-state index in [-0.39, 0.29) is 6.04 Å². The molecule has 0 radical (unpaired) electrons. The lowest BCUT2D eigenvalue weighted by Crippen LogP contribution is -2.17. The molecule has 0 aliphatic heterocycles. The van der Waals surface area contributed by atoms with Crippen molar-refractivity contribution in [1.82, 2.24) is 9.78 Å². The molecule has 1 atom stereocenters. The molecule has 0 aliphatic rings. The summed E-state index contributed by atoms with van der Waals surface area (Å²) in [7, 11) is 1.62. The number of rotatable bonds is 5. The molecule has 2 aromatic rings. The molecule has 114 valence electrons. The van der Waals surface area contributed by atoms with E-state index in [0.29, 0.717) is 17.2 Å². The van der Waals surface area contributed by atoms with Crippen LogP contribution in [0.15, 0.2) is 22.7 Å². The molecule has 21 heavy (non-hydrogen) atoms. The summed E-state index contributed by atoms with van der Waals surface area (Å²) in [6.07, 6.45) is 0.674. The minimum atomic E-state index is -0.185. The summed E-state index contributed by atoms with van der Waals surface area (Å²) in [6, 6.07) is 5.35. The Labute approximate surface area is 138 Å². The molecule has 6 heteroatoms. The number of nitrogens with two attached hydrogens (primary N) is 1. The fraction of sp³-hybridized carbons (Fsp3) is 0.400. The van der Waals surface area contributed by atoms with E-state index >= 15 is 0 Å². The van der Waals surface area contributed by atoms with Crippen LogP contribution in [0.25, 0.3) is 0 Å². The van der Waals surface area contributed by atoms with E-state index in [9.17, 15) is 0 Å². The Hall–Kier alpha value is -1.04. The lowest BCUT2D eigenvalue weighted by Gasteiger charge is -2.17. The van der Waals surface area contributed by atoms with Gasteiger partial charge < -0.3 is 10.5 Å². The third-order valence-corrected chi connectivity index (χ3v) is 4.73. The Morgan fingerprint density at radius 1 is 1.48 bits per heavy atom. The Morgan fingerprint density at radius 2 is 2.19 bits per heavy atom. The number of hydrogen-bond acceptors (Lipinski definition) is 3. The Bertz CT molecular complexity index is 642. The van der Waals surface area contributed by atoms with Crippen molar-refractivity contribution in [3.63, 3.8) is 0 Å². The van der Waals surface area contributed by atoms with Gasteiger partial charge >= 0.3 is 0 Å². The molecular formula is C15H19BrClN3O. The van der Waals surface area contributed by atoms with Crippen molar-refractivity contribution in [1.29, 1.82) is 0 Å². The number of nitrogens with zero attached hydrogens (tertiary/aromatic N) is 2. The van der Waals surface area contributed by atoms with Crippen LogP contribution in [-0.2, 0) is 13.0 Å². The maximum atomic E-state index is 6.37. The number of benzene rings is 1. The van der Waals surface area contributed by atoms with Gasteiger partial charge in [-0.15, -0.1) is 0 Å². The smallest absolute Gasteiger partial charge is 0.125 e. The maximum Gasteiger partial charge on any atom is 0.125 e. The molecule has 0 spiro atoms. The van der Waals surface area contributed by atoms with Crippen LogP contribution in [-0.4, -0.2) is 16.9 Å². The molecule has 0 bridgehead atoms. The molecule has 0 amide bonds. The van der Waals surface area contributed by atoms with Crippen LogP contribution in [0.4, 0.5) is 0 Å². The van der Waals surface area contributed by atoms with E-state index in [1.54, 1.807) is 13.2 Å². The number of methoxy groups -OCH3 is 1. The zero-order chi connectivity index (χ0) is 15.6. The fourth-order valence-corrected chi connectivity index (χ4v) is 2.98. The molecule has 1 aromatic heterocycles. The van der Waals surface area contributed by atoms with Gasteiger partial charge in [0.2, 0.25) is 0 Å². The van der Waals surface area contributed by atoms with Gasteiger partial charge in [-0.1, -0.05) is 17.7 Å². The summed E-state index contributed by atoms with van der Waals surface area (Å²) in [4.78, 5) is 0. The molecule has 0 saturated carbocycles. The molecule has 0 fully saturated rings. The average Bonchev–Trinajstić information content (AvgIpc) is 2.74. The van der Waals surface area contributed by atoms with Gasteiger partial charge in [0.05, 0.1) is 23.0 Å². The van der Waals surface area contributed by atoms with Gasteiger partial charge in [-0.25, -0.2) is 0 Å². The van der Waals surface area contributed by atoms with Gasteiger partial charge in [0.25, 0.3) is 0 Å². The highest BCUT2D eigenvalue weighted by molar-refractivity contribution is 9.10. The van der Waals surface area contributed by atoms with Gasteiger partial charge in [0.1, 0.15) is 5.75 Å². The van der Waals surface area contributed by atoms with Crippen molar-refractivity contribution >= 4 is 27.5 Å². The molecule has 0 aliphatic carbocycles. The minimum absolute atomic E-state index is 0.185. The molecule has 2 rings (SSSR count). The van der Waals surface area contributed by atoms with Crippen molar-refractivity contribution in [2.75, 3.05) is 7.11 Å². The Balaban J connectivity index is 2.32. The monoisotopic (exact) mass is 371 g/mol. The second-order valence-corrected chi connectivity index (χ2v) is 6.09. The number of halogens is 2. The van der Waals surface area contributed by atoms with E-state index in [0.717, 1.165) is 28.0 Å². The average molecular weight is 373 g/mol. The predicted octanol–water partition coefficient (Wildman–Crippen LogP) is 3.88. The van der Waals surface area contributed by atoms with Crippen LogP contribution in [0.3, 0.4) is 0 Å². The molecule has 0 saturated heterocycles. The van der Waals surface area contributed by atoms with E-state index < -0.39 is 0 Å². The van der Waals surface area contributed by atoms with Crippen LogP contribution in [0.5, 0.6) is 5.75 Å². The largest absolute Gasteiger partial charge is 0.496 e. The first-order chi connectivity index (χ1) is 9.97. The van der Waals surface area contributed by atoms with Crippen molar-refractivity contribution in [2.45, 2.75) is 32.9 Å². The first-order valence-corrected chi connectivity index (χ1v) is 7.95. The van der Waals surface area contributed by atoms with Gasteiger partial charge in [-0.05, 0) is 41.9 Å². The van der Waals surface area contributed by atoms with Gasteiger partial charge in [-0.3, -0.25) is 4.68 Å². The third-order valence-electron chi connectivity index (χ3n) is 3.46. The van der Waals surface area contributed by atoms with Crippen molar-refractivity contribution in [3.8, 4) is 5.75 Å². The van der Waals surface area contributed by atoms with Crippen LogP contribution in [0.2, 0.25) is 5.02 Å². The zero-order valence-electron chi connectivity index (χ0n) is 12.4. The van der Waals surface area contributed by atoms with Crippen LogP contribution in [0.1, 0.15) is 29.9 Å². The van der Waals surface area contributed by atoms with Crippen LogP contribution in [0, 0.1) is 6.92 Å².